The Hall–Kier alpha value is -7.76. The Morgan fingerprint density at radius 2 is 0.881 bits per heavy atom. The van der Waals surface area contributed by atoms with Gasteiger partial charge in [0.2, 0.25) is 0 Å². The SMILES string of the molecule is C1=CC2Oc3ccc(-n4c5ccc(-n6c7ccccc7c7ccccc76)cc5c5c6c(ccc54)[nH]c4ccc(-n5c7ccccc7c7ccccc75)cc46)cc3C2C=C1. The summed E-state index contributed by atoms with van der Waals surface area (Å²) in [5.41, 5.74) is 14.0. The summed E-state index contributed by atoms with van der Waals surface area (Å²) in [5.74, 6) is 1.16. The van der Waals surface area contributed by atoms with Crippen LogP contribution in [0.2, 0.25) is 0 Å². The molecule has 5 nitrogen and oxygen atoms in total. The van der Waals surface area contributed by atoms with Crippen LogP contribution >= 0.6 is 0 Å². The van der Waals surface area contributed by atoms with E-state index in [-0.39, 0.29) is 12.0 Å². The summed E-state index contributed by atoms with van der Waals surface area (Å²) in [6.07, 6.45) is 8.71. The molecule has 0 spiro atoms. The van der Waals surface area contributed by atoms with Crippen molar-refractivity contribution in [3.05, 3.63) is 194 Å². The van der Waals surface area contributed by atoms with Crippen LogP contribution in [0, 0.1) is 0 Å². The Morgan fingerprint density at radius 3 is 1.54 bits per heavy atom. The number of ether oxygens (including phenoxy) is 1. The minimum atomic E-state index is 0.0340. The zero-order chi connectivity index (χ0) is 38.3. The molecule has 0 saturated carbocycles. The molecule has 1 aliphatic carbocycles. The number of para-hydroxylation sites is 4. The topological polar surface area (TPSA) is 39.8 Å². The van der Waals surface area contributed by atoms with E-state index in [2.05, 4.69) is 207 Å². The van der Waals surface area contributed by atoms with Crippen molar-refractivity contribution in [1.82, 2.24) is 18.7 Å². The van der Waals surface area contributed by atoms with Gasteiger partial charge in [0.1, 0.15) is 11.9 Å². The molecule has 0 saturated heterocycles. The first-order valence-electron chi connectivity index (χ1n) is 20.4. The molecular weight excluding hydrogens is 721 g/mol. The maximum absolute atomic E-state index is 6.42. The van der Waals surface area contributed by atoms with Crippen LogP contribution in [0.3, 0.4) is 0 Å². The van der Waals surface area contributed by atoms with Gasteiger partial charge >= 0.3 is 0 Å². The van der Waals surface area contributed by atoms with Crippen LogP contribution in [0.1, 0.15) is 11.5 Å². The lowest BCUT2D eigenvalue weighted by molar-refractivity contribution is 0.269. The first-order chi connectivity index (χ1) is 29.3. The number of nitrogens with one attached hydrogen (secondary N) is 1. The van der Waals surface area contributed by atoms with Gasteiger partial charge < -0.3 is 23.4 Å². The van der Waals surface area contributed by atoms with E-state index in [4.69, 9.17) is 4.74 Å². The average Bonchev–Trinajstić information content (AvgIpc) is 4.09. The molecule has 0 amide bonds. The lowest BCUT2D eigenvalue weighted by Crippen LogP contribution is -2.15. The van der Waals surface area contributed by atoms with E-state index in [0.29, 0.717) is 0 Å². The predicted molar refractivity (Wildman–Crippen MR) is 244 cm³/mol. The van der Waals surface area contributed by atoms with Gasteiger partial charge in [0.15, 0.2) is 0 Å². The smallest absolute Gasteiger partial charge is 0.128 e. The van der Waals surface area contributed by atoms with Crippen LogP contribution in [0.4, 0.5) is 0 Å². The minimum Gasteiger partial charge on any atom is -0.485 e. The first kappa shape index (κ1) is 31.3. The van der Waals surface area contributed by atoms with Gasteiger partial charge in [-0.3, -0.25) is 0 Å². The third-order valence-corrected chi connectivity index (χ3v) is 13.1. The molecule has 0 fully saturated rings. The number of benzene rings is 8. The highest BCUT2D eigenvalue weighted by molar-refractivity contribution is 6.29. The number of nitrogens with zero attached hydrogens (tertiary/aromatic N) is 3. The normalized spacial score (nSPS) is 16.1. The lowest BCUT2D eigenvalue weighted by Gasteiger charge is -2.14. The molecule has 14 rings (SSSR count). The summed E-state index contributed by atoms with van der Waals surface area (Å²) in [6.45, 7) is 0. The molecule has 4 aromatic heterocycles. The summed E-state index contributed by atoms with van der Waals surface area (Å²) >= 11 is 0. The van der Waals surface area contributed by atoms with Crippen LogP contribution in [0.5, 0.6) is 5.75 Å². The summed E-state index contributed by atoms with van der Waals surface area (Å²) in [6, 6.07) is 60.3. The Morgan fingerprint density at radius 1 is 0.390 bits per heavy atom. The molecule has 2 unspecified atom stereocenters. The molecule has 276 valence electrons. The minimum absolute atomic E-state index is 0.0340. The summed E-state index contributed by atoms with van der Waals surface area (Å²) < 4.78 is 13.7. The van der Waals surface area contributed by atoms with Crippen molar-refractivity contribution in [3.63, 3.8) is 0 Å². The molecule has 2 atom stereocenters. The van der Waals surface area contributed by atoms with Gasteiger partial charge in [-0.25, -0.2) is 0 Å². The highest BCUT2D eigenvalue weighted by Crippen LogP contribution is 2.46. The van der Waals surface area contributed by atoms with Crippen molar-refractivity contribution < 1.29 is 4.74 Å². The second-order valence-corrected chi connectivity index (χ2v) is 16.1. The maximum atomic E-state index is 6.42. The van der Waals surface area contributed by atoms with Crippen molar-refractivity contribution in [2.75, 3.05) is 0 Å². The van der Waals surface area contributed by atoms with Gasteiger partial charge in [-0.15, -0.1) is 0 Å². The Labute approximate surface area is 337 Å². The first-order valence-corrected chi connectivity index (χ1v) is 20.4. The van der Waals surface area contributed by atoms with E-state index in [1.807, 2.05) is 0 Å². The molecule has 5 heterocycles. The summed E-state index contributed by atoms with van der Waals surface area (Å²) in [4.78, 5) is 3.83. The molecule has 0 radical (unpaired) electrons. The van der Waals surface area contributed by atoms with Crippen molar-refractivity contribution in [1.29, 1.82) is 0 Å². The van der Waals surface area contributed by atoms with Gasteiger partial charge in [-0.1, -0.05) is 91.0 Å². The van der Waals surface area contributed by atoms with E-state index >= 15 is 0 Å². The van der Waals surface area contributed by atoms with Crippen LogP contribution in [-0.2, 0) is 0 Å². The molecule has 12 aromatic rings. The van der Waals surface area contributed by atoms with E-state index in [9.17, 15) is 0 Å². The Balaban J connectivity index is 1.09. The standard InChI is InChI=1S/C54H34N4O/c1-6-16-45-35(11-1)36-12-2-7-17-46(36)56(45)32-21-24-43-41(30-32)53-44(55-43)25-27-50-54(53)42-31-33(57-47-18-8-3-13-37(47)38-14-4-9-19-48(38)57)22-26-49(42)58(50)34-23-28-52-40(29-34)39-15-5-10-20-51(39)59-52/h1-31,39,51,55H. The van der Waals surface area contributed by atoms with Gasteiger partial charge in [0.25, 0.3) is 0 Å². The quantitative estimate of drug-likeness (QED) is 0.192. The number of fused-ring (bicyclic) bond motifs is 16. The predicted octanol–water partition coefficient (Wildman–Crippen LogP) is 13.6. The van der Waals surface area contributed by atoms with E-state index in [1.54, 1.807) is 0 Å². The highest BCUT2D eigenvalue weighted by atomic mass is 16.5. The zero-order valence-corrected chi connectivity index (χ0v) is 31.8. The van der Waals surface area contributed by atoms with E-state index in [1.165, 1.54) is 81.8 Å². The van der Waals surface area contributed by atoms with Gasteiger partial charge in [0, 0.05) is 82.7 Å². The zero-order valence-electron chi connectivity index (χ0n) is 31.8. The van der Waals surface area contributed by atoms with Crippen LogP contribution in [0.15, 0.2) is 188 Å². The van der Waals surface area contributed by atoms with Gasteiger partial charge in [-0.05, 0) is 97.1 Å². The third-order valence-electron chi connectivity index (χ3n) is 13.1. The molecule has 59 heavy (non-hydrogen) atoms. The number of hydrogen-bond acceptors (Lipinski definition) is 1. The molecule has 8 aromatic carbocycles. The van der Waals surface area contributed by atoms with Crippen molar-refractivity contribution in [2.45, 2.75) is 12.0 Å². The Kier molecular flexibility index (Phi) is 6.07. The van der Waals surface area contributed by atoms with Gasteiger partial charge in [0.05, 0.1) is 33.1 Å². The average molecular weight is 755 g/mol. The number of aromatic nitrogens is 4. The second kappa shape index (κ2) is 11.4. The van der Waals surface area contributed by atoms with Crippen molar-refractivity contribution in [2.24, 2.45) is 0 Å². The van der Waals surface area contributed by atoms with Crippen LogP contribution in [0.25, 0.3) is 104 Å². The molecule has 1 aliphatic heterocycles. The third kappa shape index (κ3) is 4.18. The number of rotatable bonds is 3. The van der Waals surface area contributed by atoms with Crippen LogP contribution in [-0.4, -0.2) is 24.8 Å². The molecule has 0 bridgehead atoms. The highest BCUT2D eigenvalue weighted by Gasteiger charge is 2.32. The Bertz CT molecular complexity index is 3740. The van der Waals surface area contributed by atoms with Crippen molar-refractivity contribution >= 4 is 87.2 Å². The fourth-order valence-corrected chi connectivity index (χ4v) is 10.6. The molecular formula is C54H34N4O. The number of hydrogen-bond donors (Lipinski definition) is 1. The van der Waals surface area contributed by atoms with E-state index < -0.39 is 0 Å². The maximum Gasteiger partial charge on any atom is 0.128 e. The van der Waals surface area contributed by atoms with Gasteiger partial charge in [-0.2, -0.15) is 0 Å². The molecule has 5 heteroatoms. The lowest BCUT2D eigenvalue weighted by atomic mass is 9.92. The largest absolute Gasteiger partial charge is 0.485 e. The number of H-pyrrole nitrogens is 1. The van der Waals surface area contributed by atoms with E-state index in [0.717, 1.165) is 33.8 Å². The molecule has 1 N–H and O–H groups in total. The molecule has 2 aliphatic rings. The summed E-state index contributed by atoms with van der Waals surface area (Å²) in [7, 11) is 0. The number of aromatic amines is 1. The monoisotopic (exact) mass is 754 g/mol. The van der Waals surface area contributed by atoms with Crippen molar-refractivity contribution in [3.8, 4) is 22.8 Å². The van der Waals surface area contributed by atoms with Crippen LogP contribution < -0.4 is 4.74 Å². The number of allylic oxidation sites excluding steroid dienone is 2. The fraction of sp³-hybridized carbons (Fsp3) is 0.0370. The second-order valence-electron chi connectivity index (χ2n) is 16.1. The summed E-state index contributed by atoms with van der Waals surface area (Å²) in [5, 5.41) is 9.92. The fourth-order valence-electron chi connectivity index (χ4n) is 10.6.